The van der Waals surface area contributed by atoms with Crippen LogP contribution in [0.2, 0.25) is 0 Å². The number of aromatic nitrogens is 1. The fourth-order valence-electron chi connectivity index (χ4n) is 1.88. The molecule has 0 bridgehead atoms. The summed E-state index contributed by atoms with van der Waals surface area (Å²) in [7, 11) is 3.85. The summed E-state index contributed by atoms with van der Waals surface area (Å²) in [6.45, 7) is 6.28. The Kier molecular flexibility index (Phi) is 7.71. The first-order chi connectivity index (χ1) is 11.3. The number of rotatable bonds is 6. The Labute approximate surface area is 141 Å². The predicted molar refractivity (Wildman–Crippen MR) is 94.0 cm³/mol. The molecule has 0 amide bonds. The van der Waals surface area contributed by atoms with Gasteiger partial charge in [0.15, 0.2) is 0 Å². The lowest BCUT2D eigenvalue weighted by Gasteiger charge is -2.09. The number of carboxylic acid groups (broad SMARTS) is 1. The fourth-order valence-corrected chi connectivity index (χ4v) is 1.88. The van der Waals surface area contributed by atoms with E-state index in [1.165, 1.54) is 0 Å². The summed E-state index contributed by atoms with van der Waals surface area (Å²) in [5.41, 5.74) is 2.27. The third-order valence-corrected chi connectivity index (χ3v) is 3.14. The van der Waals surface area contributed by atoms with Crippen LogP contribution in [0.3, 0.4) is 0 Å². The second-order valence-corrected chi connectivity index (χ2v) is 5.65. The van der Waals surface area contributed by atoms with Crippen LogP contribution in [0.15, 0.2) is 42.6 Å². The van der Waals surface area contributed by atoms with Crippen molar-refractivity contribution < 1.29 is 19.4 Å². The zero-order valence-electron chi connectivity index (χ0n) is 14.3. The molecule has 24 heavy (non-hydrogen) atoms. The molecule has 0 radical (unpaired) electrons. The Morgan fingerprint density at radius 2 is 1.96 bits per heavy atom. The minimum Gasteiger partial charge on any atom is -0.481 e. The average molecular weight is 332 g/mol. The molecule has 1 aromatic heterocycles. The highest BCUT2D eigenvalue weighted by molar-refractivity contribution is 5.87. The Morgan fingerprint density at radius 3 is 2.54 bits per heavy atom. The molecule has 1 heterocycles. The third-order valence-electron chi connectivity index (χ3n) is 3.14. The van der Waals surface area contributed by atoms with Crippen molar-refractivity contribution in [1.82, 2.24) is 9.88 Å². The summed E-state index contributed by atoms with van der Waals surface area (Å²) in [5.74, 6) is -1.11. The van der Waals surface area contributed by atoms with Crippen molar-refractivity contribution in [3.8, 4) is 0 Å². The number of benzene rings is 1. The number of aromatic amines is 1. The Bertz CT molecular complexity index is 704. The van der Waals surface area contributed by atoms with Gasteiger partial charge in [-0.15, -0.1) is 0 Å². The van der Waals surface area contributed by atoms with Gasteiger partial charge in [0.25, 0.3) is 0 Å². The van der Waals surface area contributed by atoms with Crippen molar-refractivity contribution >= 4 is 22.8 Å². The van der Waals surface area contributed by atoms with Gasteiger partial charge in [-0.1, -0.05) is 24.8 Å². The number of carboxylic acids is 1. The quantitative estimate of drug-likeness (QED) is 0.627. The first kappa shape index (κ1) is 19.4. The lowest BCUT2D eigenvalue weighted by molar-refractivity contribution is -0.139. The molecule has 0 saturated carbocycles. The number of carbonyl (C=O) groups excluding carboxylic acids is 1. The molecule has 2 rings (SSSR count). The maximum atomic E-state index is 10.8. The van der Waals surface area contributed by atoms with E-state index in [1.807, 2.05) is 43.3 Å². The second-order valence-electron chi connectivity index (χ2n) is 5.65. The van der Waals surface area contributed by atoms with E-state index in [-0.39, 0.29) is 12.4 Å². The smallest absolute Gasteiger partial charge is 0.333 e. The minimum atomic E-state index is -0.801. The van der Waals surface area contributed by atoms with Gasteiger partial charge in [-0.05, 0) is 32.6 Å². The van der Waals surface area contributed by atoms with Gasteiger partial charge >= 0.3 is 11.9 Å². The lowest BCUT2D eigenvalue weighted by atomic mass is 10.1. The van der Waals surface area contributed by atoms with Gasteiger partial charge < -0.3 is 19.7 Å². The van der Waals surface area contributed by atoms with Crippen LogP contribution in [0.25, 0.3) is 10.9 Å². The van der Waals surface area contributed by atoms with Gasteiger partial charge in [-0.2, -0.15) is 0 Å². The van der Waals surface area contributed by atoms with Gasteiger partial charge in [0.2, 0.25) is 0 Å². The number of aliphatic carboxylic acids is 1. The number of nitrogens with one attached hydrogen (secondary N) is 1. The van der Waals surface area contributed by atoms with Crippen molar-refractivity contribution in [1.29, 1.82) is 0 Å². The van der Waals surface area contributed by atoms with E-state index in [1.54, 1.807) is 13.1 Å². The number of carbonyl (C=O) groups is 2. The highest BCUT2D eigenvalue weighted by atomic mass is 16.5. The molecule has 0 aliphatic carbocycles. The van der Waals surface area contributed by atoms with Crippen molar-refractivity contribution in [2.45, 2.75) is 13.3 Å². The molecule has 130 valence electrons. The van der Waals surface area contributed by atoms with E-state index in [0.29, 0.717) is 12.2 Å². The molecule has 2 aromatic rings. The molecule has 0 aliphatic heterocycles. The largest absolute Gasteiger partial charge is 0.481 e. The van der Waals surface area contributed by atoms with Crippen molar-refractivity contribution in [2.24, 2.45) is 0 Å². The number of ether oxygens (including phenoxy) is 1. The van der Waals surface area contributed by atoms with Crippen LogP contribution in [0.5, 0.6) is 0 Å². The number of hydrogen-bond donors (Lipinski definition) is 2. The molecule has 0 saturated heterocycles. The molecule has 0 unspecified atom stereocenters. The number of likely N-dealkylation sites (N-methyl/N-ethyl adjacent to an activating group) is 1. The highest BCUT2D eigenvalue weighted by Gasteiger charge is 2.05. The van der Waals surface area contributed by atoms with Crippen molar-refractivity contribution in [3.63, 3.8) is 0 Å². The molecule has 6 nitrogen and oxygen atoms in total. The summed E-state index contributed by atoms with van der Waals surface area (Å²) >= 11 is 0. The molecule has 0 aliphatic rings. The predicted octanol–water partition coefficient (Wildman–Crippen LogP) is 2.46. The lowest BCUT2D eigenvalue weighted by Crippen LogP contribution is -2.20. The van der Waals surface area contributed by atoms with E-state index in [2.05, 4.69) is 11.6 Å². The molecular weight excluding hydrogens is 308 g/mol. The summed E-state index contributed by atoms with van der Waals surface area (Å²) in [6, 6.07) is 7.68. The molecule has 6 heteroatoms. The number of H-pyrrole nitrogens is 1. The minimum absolute atomic E-state index is 0.0734. The number of esters is 1. The maximum Gasteiger partial charge on any atom is 0.333 e. The van der Waals surface area contributed by atoms with Gasteiger partial charge in [-0.3, -0.25) is 4.79 Å². The van der Waals surface area contributed by atoms with Gasteiger partial charge in [-0.25, -0.2) is 4.79 Å². The average Bonchev–Trinajstić information content (AvgIpc) is 2.90. The summed E-state index contributed by atoms with van der Waals surface area (Å²) in [4.78, 5) is 26.3. The van der Waals surface area contributed by atoms with Crippen LogP contribution in [0, 0.1) is 0 Å². The number of nitrogens with zero attached hydrogens (tertiary/aromatic N) is 1. The molecular formula is C18H24N2O4. The second kappa shape index (κ2) is 9.52. The van der Waals surface area contributed by atoms with E-state index in [9.17, 15) is 9.59 Å². The zero-order valence-corrected chi connectivity index (χ0v) is 14.3. The van der Waals surface area contributed by atoms with Crippen LogP contribution in [0.4, 0.5) is 0 Å². The molecule has 0 fully saturated rings. The molecule has 2 N–H and O–H groups in total. The van der Waals surface area contributed by atoms with E-state index in [4.69, 9.17) is 9.84 Å². The number of fused-ring (bicyclic) bond motifs is 1. The first-order valence-corrected chi connectivity index (χ1v) is 7.55. The molecule has 1 aromatic carbocycles. The van der Waals surface area contributed by atoms with E-state index < -0.39 is 5.97 Å². The van der Waals surface area contributed by atoms with Crippen molar-refractivity contribution in [3.05, 3.63) is 48.2 Å². The van der Waals surface area contributed by atoms with E-state index in [0.717, 1.165) is 23.0 Å². The summed E-state index contributed by atoms with van der Waals surface area (Å²) in [6.07, 6.45) is 1.82. The Morgan fingerprint density at radius 1 is 1.29 bits per heavy atom. The molecule has 0 spiro atoms. The Balaban J connectivity index is 0.000000245. The Hall–Kier alpha value is -2.60. The maximum absolute atomic E-state index is 10.8. The molecule has 0 atom stereocenters. The van der Waals surface area contributed by atoms with Gasteiger partial charge in [0.1, 0.15) is 6.61 Å². The van der Waals surface area contributed by atoms with Gasteiger partial charge in [0, 0.05) is 29.2 Å². The fraction of sp³-hybridized carbons (Fsp3) is 0.333. The third kappa shape index (κ3) is 6.66. The summed E-state index contributed by atoms with van der Waals surface area (Å²) in [5, 5.41) is 9.62. The topological polar surface area (TPSA) is 82.6 Å². The van der Waals surface area contributed by atoms with Crippen LogP contribution in [-0.4, -0.2) is 54.2 Å². The highest BCUT2D eigenvalue weighted by Crippen LogP contribution is 2.17. The number of para-hydroxylation sites is 1. The first-order valence-electron chi connectivity index (χ1n) is 7.55. The zero-order chi connectivity index (χ0) is 18.1. The van der Waals surface area contributed by atoms with E-state index >= 15 is 0 Å². The SMILES string of the molecule is C=C(C)C(=O)OCCN(C)C.O=C(O)Cc1c[nH]c2ccccc12. The summed E-state index contributed by atoms with van der Waals surface area (Å²) < 4.78 is 4.83. The van der Waals surface area contributed by atoms with Gasteiger partial charge in [0.05, 0.1) is 6.42 Å². The van der Waals surface area contributed by atoms with Crippen LogP contribution in [-0.2, 0) is 20.7 Å². The van der Waals surface area contributed by atoms with Crippen LogP contribution in [0.1, 0.15) is 12.5 Å². The van der Waals surface area contributed by atoms with Crippen LogP contribution < -0.4 is 0 Å². The standard InChI is InChI=1S/C10H9NO2.C8H15NO2/c12-10(13)5-7-6-11-9-4-2-1-3-8(7)9;1-7(2)8(10)11-6-5-9(3)4/h1-4,6,11H,5H2,(H,12,13);1,5-6H2,2-4H3. The normalized spacial score (nSPS) is 10.2. The van der Waals surface area contributed by atoms with Crippen molar-refractivity contribution in [2.75, 3.05) is 27.2 Å². The van der Waals surface area contributed by atoms with Crippen LogP contribution >= 0.6 is 0 Å². The number of hydrogen-bond acceptors (Lipinski definition) is 4. The monoisotopic (exact) mass is 332 g/mol.